The van der Waals surface area contributed by atoms with Crippen LogP contribution in [0.2, 0.25) is 5.04 Å². The molecule has 4 nitrogen and oxygen atoms in total. The summed E-state index contributed by atoms with van der Waals surface area (Å²) in [4.78, 5) is 0. The second-order valence-corrected chi connectivity index (χ2v) is 14.0. The van der Waals surface area contributed by atoms with Crippen molar-refractivity contribution < 1.29 is 19.0 Å². The summed E-state index contributed by atoms with van der Waals surface area (Å²) < 4.78 is 18.9. The molecule has 0 bridgehead atoms. The smallest absolute Gasteiger partial charge is 0.261 e. The van der Waals surface area contributed by atoms with Gasteiger partial charge in [-0.25, -0.2) is 0 Å². The van der Waals surface area contributed by atoms with Crippen LogP contribution in [0.1, 0.15) is 26.3 Å². The lowest BCUT2D eigenvalue weighted by Crippen LogP contribution is -2.68. The molecule has 1 heterocycles. The molecule has 4 rings (SSSR count). The molecule has 3 unspecified atom stereocenters. The number of benzene rings is 3. The largest absolute Gasteiger partial charge is 0.402 e. The highest BCUT2D eigenvalue weighted by molar-refractivity contribution is 6.99. The predicted octanol–water partition coefficient (Wildman–Crippen LogP) is 4.11. The van der Waals surface area contributed by atoms with E-state index in [1.165, 1.54) is 10.4 Å². The van der Waals surface area contributed by atoms with Crippen molar-refractivity contribution in [2.75, 3.05) is 13.2 Å². The van der Waals surface area contributed by atoms with Gasteiger partial charge in [0.05, 0.1) is 31.8 Å². The van der Waals surface area contributed by atoms with Crippen molar-refractivity contribution in [2.45, 2.75) is 44.8 Å². The van der Waals surface area contributed by atoms with Crippen molar-refractivity contribution in [3.05, 3.63) is 96.6 Å². The Labute approximate surface area is 198 Å². The fraction of sp³-hybridized carbons (Fsp3) is 0.357. The maximum Gasteiger partial charge on any atom is 0.261 e. The van der Waals surface area contributed by atoms with E-state index in [-0.39, 0.29) is 17.1 Å². The van der Waals surface area contributed by atoms with Gasteiger partial charge in [0.2, 0.25) is 0 Å². The monoisotopic (exact) mass is 462 g/mol. The van der Waals surface area contributed by atoms with Crippen LogP contribution in [-0.4, -0.2) is 39.0 Å². The molecule has 174 valence electrons. The van der Waals surface area contributed by atoms with Crippen LogP contribution in [-0.2, 0) is 20.5 Å². The quantitative estimate of drug-likeness (QED) is 0.512. The molecule has 3 aromatic carbocycles. The Morgan fingerprint density at radius 3 is 1.88 bits per heavy atom. The van der Waals surface area contributed by atoms with E-state index in [0.717, 1.165) is 5.56 Å². The number of rotatable bonds is 8. The highest BCUT2D eigenvalue weighted by Crippen LogP contribution is 2.39. The lowest BCUT2D eigenvalue weighted by Gasteiger charge is -2.45. The SMILES string of the molecule is CC(C)(C)[Si](OC1COC(O)C1COCc1ccccc1)(c1ccccc1)c1ccccc1. The molecule has 3 aromatic rings. The van der Waals surface area contributed by atoms with Gasteiger partial charge in [-0.3, -0.25) is 0 Å². The van der Waals surface area contributed by atoms with Crippen molar-refractivity contribution in [1.29, 1.82) is 0 Å². The van der Waals surface area contributed by atoms with E-state index < -0.39 is 14.6 Å². The Bertz CT molecular complexity index is 949. The third kappa shape index (κ3) is 5.13. The first-order valence-electron chi connectivity index (χ1n) is 11.6. The first kappa shape index (κ1) is 23.9. The van der Waals surface area contributed by atoms with Crippen LogP contribution in [0.15, 0.2) is 91.0 Å². The van der Waals surface area contributed by atoms with Gasteiger partial charge in [-0.2, -0.15) is 0 Å². The summed E-state index contributed by atoms with van der Waals surface area (Å²) in [5, 5.41) is 12.9. The standard InChI is InChI=1S/C28H34O4Si/c1-28(2,3)33(23-15-9-5-10-16-23,24-17-11-6-12-18-24)32-26-21-31-27(29)25(26)20-30-19-22-13-7-4-8-14-22/h4-18,25-27,29H,19-21H2,1-3H3. The minimum atomic E-state index is -2.74. The van der Waals surface area contributed by atoms with Crippen LogP contribution in [0, 0.1) is 5.92 Å². The van der Waals surface area contributed by atoms with E-state index in [9.17, 15) is 5.11 Å². The van der Waals surface area contributed by atoms with Crippen LogP contribution in [0.4, 0.5) is 0 Å². The molecule has 1 N–H and O–H groups in total. The Kier molecular flexibility index (Phi) is 7.47. The summed E-state index contributed by atoms with van der Waals surface area (Å²) in [6.07, 6.45) is -1.16. The average molecular weight is 463 g/mol. The van der Waals surface area contributed by atoms with Crippen LogP contribution in [0.5, 0.6) is 0 Å². The van der Waals surface area contributed by atoms with Crippen molar-refractivity contribution in [1.82, 2.24) is 0 Å². The molecule has 0 aliphatic carbocycles. The van der Waals surface area contributed by atoms with Crippen LogP contribution >= 0.6 is 0 Å². The van der Waals surface area contributed by atoms with Gasteiger partial charge in [0.25, 0.3) is 8.32 Å². The van der Waals surface area contributed by atoms with Gasteiger partial charge >= 0.3 is 0 Å². The maximum atomic E-state index is 10.6. The van der Waals surface area contributed by atoms with Gasteiger partial charge in [-0.05, 0) is 21.0 Å². The Morgan fingerprint density at radius 2 is 1.36 bits per heavy atom. The molecule has 0 radical (unpaired) electrons. The fourth-order valence-electron chi connectivity index (χ4n) is 4.74. The van der Waals surface area contributed by atoms with Gasteiger partial charge in [0, 0.05) is 0 Å². The number of hydrogen-bond donors (Lipinski definition) is 1. The molecule has 0 saturated carbocycles. The molecule has 5 heteroatoms. The zero-order chi connectivity index (χ0) is 23.3. The second-order valence-electron chi connectivity index (χ2n) is 9.71. The highest BCUT2D eigenvalue weighted by Gasteiger charge is 2.53. The number of hydrogen-bond acceptors (Lipinski definition) is 4. The van der Waals surface area contributed by atoms with Gasteiger partial charge in [0.1, 0.15) is 0 Å². The first-order chi connectivity index (χ1) is 15.9. The molecule has 1 fully saturated rings. The zero-order valence-electron chi connectivity index (χ0n) is 19.7. The van der Waals surface area contributed by atoms with Crippen molar-refractivity contribution in [3.8, 4) is 0 Å². The molecule has 3 atom stereocenters. The van der Waals surface area contributed by atoms with E-state index in [1.54, 1.807) is 0 Å². The zero-order valence-corrected chi connectivity index (χ0v) is 20.7. The summed E-state index contributed by atoms with van der Waals surface area (Å²) in [6, 6.07) is 31.2. The van der Waals surface area contributed by atoms with Gasteiger partial charge in [-0.1, -0.05) is 112 Å². The molecule has 33 heavy (non-hydrogen) atoms. The minimum Gasteiger partial charge on any atom is -0.402 e. The van der Waals surface area contributed by atoms with E-state index >= 15 is 0 Å². The van der Waals surface area contributed by atoms with Crippen molar-refractivity contribution in [2.24, 2.45) is 5.92 Å². The Hall–Kier alpha value is -2.28. The third-order valence-corrected chi connectivity index (χ3v) is 11.5. The molecule has 0 amide bonds. The molecular formula is C28H34O4Si. The van der Waals surface area contributed by atoms with Crippen LogP contribution < -0.4 is 10.4 Å². The molecule has 1 saturated heterocycles. The van der Waals surface area contributed by atoms with Gasteiger partial charge < -0.3 is 19.0 Å². The molecule has 0 aromatic heterocycles. The number of aliphatic hydroxyl groups excluding tert-OH is 1. The predicted molar refractivity (Wildman–Crippen MR) is 134 cm³/mol. The van der Waals surface area contributed by atoms with E-state index in [4.69, 9.17) is 13.9 Å². The molecule has 0 spiro atoms. The van der Waals surface area contributed by atoms with Crippen LogP contribution in [0.3, 0.4) is 0 Å². The van der Waals surface area contributed by atoms with Crippen LogP contribution in [0.25, 0.3) is 0 Å². The topological polar surface area (TPSA) is 47.9 Å². The molecule has 1 aliphatic heterocycles. The Morgan fingerprint density at radius 1 is 0.848 bits per heavy atom. The van der Waals surface area contributed by atoms with Gasteiger partial charge in [0.15, 0.2) is 6.29 Å². The highest BCUT2D eigenvalue weighted by atomic mass is 28.4. The fourth-order valence-corrected chi connectivity index (χ4v) is 9.45. The summed E-state index contributed by atoms with van der Waals surface area (Å²) in [7, 11) is -2.74. The number of ether oxygens (including phenoxy) is 2. The lowest BCUT2D eigenvalue weighted by atomic mass is 10.1. The van der Waals surface area contributed by atoms with Crippen molar-refractivity contribution in [3.63, 3.8) is 0 Å². The van der Waals surface area contributed by atoms with E-state index in [1.807, 2.05) is 42.5 Å². The maximum absolute atomic E-state index is 10.6. The molecule has 1 aliphatic rings. The lowest BCUT2D eigenvalue weighted by molar-refractivity contribution is -0.0991. The Balaban J connectivity index is 1.63. The van der Waals surface area contributed by atoms with E-state index in [0.29, 0.717) is 19.8 Å². The average Bonchev–Trinajstić information content (AvgIpc) is 3.17. The van der Waals surface area contributed by atoms with Gasteiger partial charge in [-0.15, -0.1) is 0 Å². The third-order valence-electron chi connectivity index (χ3n) is 6.44. The van der Waals surface area contributed by atoms with E-state index in [2.05, 4.69) is 69.3 Å². The van der Waals surface area contributed by atoms with Crippen molar-refractivity contribution >= 4 is 18.7 Å². The summed E-state index contributed by atoms with van der Waals surface area (Å²) in [6.45, 7) is 7.99. The minimum absolute atomic E-state index is 0.140. The second kappa shape index (κ2) is 10.3. The summed E-state index contributed by atoms with van der Waals surface area (Å²) in [5.41, 5.74) is 1.11. The number of aliphatic hydroxyl groups is 1. The molecular weight excluding hydrogens is 428 g/mol. The summed E-state index contributed by atoms with van der Waals surface area (Å²) in [5.74, 6) is -0.254. The first-order valence-corrected chi connectivity index (χ1v) is 13.5. The summed E-state index contributed by atoms with van der Waals surface area (Å²) >= 11 is 0. The normalized spacial score (nSPS) is 21.3.